The molecule has 15 heavy (non-hydrogen) atoms. The van der Waals surface area contributed by atoms with Crippen molar-refractivity contribution in [3.8, 4) is 11.3 Å². The maximum Gasteiger partial charge on any atom is 0.247 e. The number of pyridine rings is 1. The molecule has 0 fully saturated rings. The number of aromatic nitrogens is 1. The van der Waals surface area contributed by atoms with E-state index in [1.54, 1.807) is 24.3 Å². The Bertz CT molecular complexity index is 479. The van der Waals surface area contributed by atoms with Crippen LogP contribution in [0.2, 0.25) is 5.02 Å². The third-order valence-corrected chi connectivity index (χ3v) is 2.26. The van der Waals surface area contributed by atoms with Crippen LogP contribution < -0.4 is 10.5 Å². The van der Waals surface area contributed by atoms with Crippen LogP contribution in [0.5, 0.6) is 0 Å². The summed E-state index contributed by atoms with van der Waals surface area (Å²) in [7, 11) is 0. The van der Waals surface area contributed by atoms with E-state index in [2.05, 4.69) is 6.07 Å². The zero-order valence-corrected chi connectivity index (χ0v) is 8.53. The Labute approximate surface area is 92.3 Å². The molecule has 0 aliphatic rings. The topological polar surface area (TPSA) is 53.0 Å². The van der Waals surface area contributed by atoms with Gasteiger partial charge in [-0.3, -0.25) is 0 Å². The van der Waals surface area contributed by atoms with Crippen molar-refractivity contribution in [2.24, 2.45) is 0 Å². The van der Waals surface area contributed by atoms with Crippen molar-refractivity contribution in [2.75, 3.05) is 5.73 Å². The molecule has 2 aromatic rings. The molecule has 0 amide bonds. The number of halogens is 1. The lowest BCUT2D eigenvalue weighted by molar-refractivity contribution is -0.593. The predicted molar refractivity (Wildman–Crippen MR) is 59.1 cm³/mol. The molecule has 0 bridgehead atoms. The Morgan fingerprint density at radius 1 is 1.40 bits per heavy atom. The molecule has 1 aromatic heterocycles. The van der Waals surface area contributed by atoms with E-state index in [9.17, 15) is 5.21 Å². The Hall–Kier alpha value is -1.74. The van der Waals surface area contributed by atoms with Crippen LogP contribution in [0.4, 0.5) is 5.69 Å². The van der Waals surface area contributed by atoms with Crippen molar-refractivity contribution in [3.05, 3.63) is 52.8 Å². The van der Waals surface area contributed by atoms with Crippen LogP contribution in [0.1, 0.15) is 0 Å². The Morgan fingerprint density at radius 2 is 2.20 bits per heavy atom. The van der Waals surface area contributed by atoms with Gasteiger partial charge in [-0.05, 0) is 18.2 Å². The van der Waals surface area contributed by atoms with Gasteiger partial charge in [-0.1, -0.05) is 17.7 Å². The third kappa shape index (κ3) is 1.87. The number of anilines is 1. The fourth-order valence-corrected chi connectivity index (χ4v) is 1.57. The number of rotatable bonds is 1. The Kier molecular flexibility index (Phi) is 2.47. The summed E-state index contributed by atoms with van der Waals surface area (Å²) in [5.74, 6) is 0. The van der Waals surface area contributed by atoms with E-state index in [0.717, 1.165) is 0 Å². The molecule has 0 saturated carbocycles. The van der Waals surface area contributed by atoms with Crippen molar-refractivity contribution in [1.82, 2.24) is 0 Å². The highest BCUT2D eigenvalue weighted by Crippen LogP contribution is 2.23. The van der Waals surface area contributed by atoms with E-state index in [1.807, 2.05) is 0 Å². The number of nitrogens with two attached hydrogens (primary N) is 1. The van der Waals surface area contributed by atoms with Gasteiger partial charge in [0.25, 0.3) is 0 Å². The van der Waals surface area contributed by atoms with Crippen LogP contribution in [0.25, 0.3) is 11.3 Å². The molecule has 1 radical (unpaired) electrons. The summed E-state index contributed by atoms with van der Waals surface area (Å²) >= 11 is 5.84. The van der Waals surface area contributed by atoms with Gasteiger partial charge in [0.05, 0.1) is 5.56 Å². The first-order chi connectivity index (χ1) is 7.18. The van der Waals surface area contributed by atoms with E-state index in [1.165, 1.54) is 12.3 Å². The summed E-state index contributed by atoms with van der Waals surface area (Å²) < 4.78 is 0.706. The summed E-state index contributed by atoms with van der Waals surface area (Å²) in [4.78, 5) is 0. The number of hydrogen-bond acceptors (Lipinski definition) is 2. The normalized spacial score (nSPS) is 10.2. The predicted octanol–water partition coefficient (Wildman–Crippen LogP) is 2.02. The molecule has 3 nitrogen and oxygen atoms in total. The summed E-state index contributed by atoms with van der Waals surface area (Å²) in [6.45, 7) is 0. The number of benzene rings is 1. The van der Waals surface area contributed by atoms with E-state index >= 15 is 0 Å². The third-order valence-electron chi connectivity index (χ3n) is 2.02. The van der Waals surface area contributed by atoms with E-state index in [0.29, 0.717) is 26.7 Å². The molecule has 4 heteroatoms. The molecule has 2 rings (SSSR count). The van der Waals surface area contributed by atoms with Gasteiger partial charge in [-0.15, -0.1) is 0 Å². The highest BCUT2D eigenvalue weighted by Gasteiger charge is 2.12. The van der Waals surface area contributed by atoms with Crippen LogP contribution in [0.15, 0.2) is 36.5 Å². The van der Waals surface area contributed by atoms with Gasteiger partial charge >= 0.3 is 0 Å². The van der Waals surface area contributed by atoms with Gasteiger partial charge in [0.1, 0.15) is 5.69 Å². The van der Waals surface area contributed by atoms with Crippen molar-refractivity contribution in [1.29, 1.82) is 0 Å². The first kappa shape index (κ1) is 9.80. The molecule has 0 aliphatic carbocycles. The first-order valence-corrected chi connectivity index (χ1v) is 4.71. The van der Waals surface area contributed by atoms with Crippen molar-refractivity contribution >= 4 is 17.3 Å². The largest absolute Gasteiger partial charge is 0.618 e. The highest BCUT2D eigenvalue weighted by atomic mass is 35.5. The summed E-state index contributed by atoms with van der Waals surface area (Å²) in [6.07, 6.45) is 1.35. The zero-order chi connectivity index (χ0) is 10.8. The fourth-order valence-electron chi connectivity index (χ4n) is 1.37. The lowest BCUT2D eigenvalue weighted by Gasteiger charge is -2.06. The second-order valence-electron chi connectivity index (χ2n) is 3.06. The minimum absolute atomic E-state index is 0.315. The van der Waals surface area contributed by atoms with Crippen LogP contribution >= 0.6 is 11.6 Å². The van der Waals surface area contributed by atoms with Crippen molar-refractivity contribution in [3.63, 3.8) is 0 Å². The Balaban J connectivity index is 2.63. The molecule has 0 spiro atoms. The van der Waals surface area contributed by atoms with Gasteiger partial charge in [-0.25, -0.2) is 0 Å². The van der Waals surface area contributed by atoms with Gasteiger partial charge < -0.3 is 10.9 Å². The maximum absolute atomic E-state index is 11.5. The molecule has 0 atom stereocenters. The van der Waals surface area contributed by atoms with Crippen LogP contribution in [-0.2, 0) is 0 Å². The molecule has 0 saturated heterocycles. The number of nitrogen functional groups attached to an aromatic ring is 1. The standard InChI is InChI=1S/C11H8ClN2O/c12-9-4-1-3-8(7-9)11-10(13)5-2-6-14(11)15/h1-4,6-7H,13H2. The Morgan fingerprint density at radius 3 is 2.87 bits per heavy atom. The quantitative estimate of drug-likeness (QED) is 0.589. The monoisotopic (exact) mass is 219 g/mol. The lowest BCUT2D eigenvalue weighted by Crippen LogP contribution is -2.29. The van der Waals surface area contributed by atoms with E-state index in [4.69, 9.17) is 17.3 Å². The zero-order valence-electron chi connectivity index (χ0n) is 7.77. The van der Waals surface area contributed by atoms with Crippen LogP contribution in [-0.4, -0.2) is 0 Å². The average molecular weight is 220 g/mol. The molecule has 0 aliphatic heterocycles. The van der Waals surface area contributed by atoms with Gasteiger partial charge in [-0.2, -0.15) is 4.73 Å². The van der Waals surface area contributed by atoms with Crippen LogP contribution in [0, 0.1) is 11.3 Å². The second kappa shape index (κ2) is 3.79. The SMILES string of the molecule is Nc1[c]cc[n+]([O-])c1-c1cccc(Cl)c1. The maximum atomic E-state index is 11.5. The number of hydrogen-bond donors (Lipinski definition) is 1. The van der Waals surface area contributed by atoms with Crippen molar-refractivity contribution < 1.29 is 4.73 Å². The van der Waals surface area contributed by atoms with Gasteiger partial charge in [0, 0.05) is 17.2 Å². The molecular formula is C11H8ClN2O. The van der Waals surface area contributed by atoms with Gasteiger partial charge in [0.2, 0.25) is 5.69 Å². The smallest absolute Gasteiger partial charge is 0.247 e. The summed E-state index contributed by atoms with van der Waals surface area (Å²) in [6, 6.07) is 11.2. The molecule has 75 valence electrons. The average Bonchev–Trinajstić information content (AvgIpc) is 2.17. The van der Waals surface area contributed by atoms with E-state index in [-0.39, 0.29) is 0 Å². The molecule has 1 heterocycles. The van der Waals surface area contributed by atoms with Gasteiger partial charge in [0.15, 0.2) is 6.20 Å². The van der Waals surface area contributed by atoms with Crippen molar-refractivity contribution in [2.45, 2.75) is 0 Å². The minimum atomic E-state index is 0.315. The summed E-state index contributed by atoms with van der Waals surface area (Å²) in [5.41, 5.74) is 7.06. The molecule has 2 N–H and O–H groups in total. The molecule has 1 aromatic carbocycles. The summed E-state index contributed by atoms with van der Waals surface area (Å²) in [5, 5.41) is 12.1. The highest BCUT2D eigenvalue weighted by molar-refractivity contribution is 6.30. The number of nitrogens with zero attached hydrogens (tertiary/aromatic N) is 1. The molecular weight excluding hydrogens is 212 g/mol. The van der Waals surface area contributed by atoms with E-state index < -0.39 is 0 Å². The molecule has 0 unspecified atom stereocenters. The van der Waals surface area contributed by atoms with Crippen LogP contribution in [0.3, 0.4) is 0 Å². The first-order valence-electron chi connectivity index (χ1n) is 4.34. The fraction of sp³-hybridized carbons (Fsp3) is 0. The second-order valence-corrected chi connectivity index (χ2v) is 3.49. The minimum Gasteiger partial charge on any atom is -0.618 e. The lowest BCUT2D eigenvalue weighted by atomic mass is 10.1.